The van der Waals surface area contributed by atoms with E-state index in [-0.39, 0.29) is 11.4 Å². The van der Waals surface area contributed by atoms with Gasteiger partial charge in [-0.3, -0.25) is 0 Å². The van der Waals surface area contributed by atoms with Gasteiger partial charge in [-0.05, 0) is 25.1 Å². The molecule has 2 aromatic carbocycles. The first-order valence-corrected chi connectivity index (χ1v) is 5.31. The monoisotopic (exact) mass is 226 g/mol. The van der Waals surface area contributed by atoms with Gasteiger partial charge in [-0.1, -0.05) is 17.7 Å². The van der Waals surface area contributed by atoms with Gasteiger partial charge in [-0.2, -0.15) is 0 Å². The molecule has 0 amide bonds. The topological polar surface area (TPSA) is 50.4 Å². The lowest BCUT2D eigenvalue weighted by molar-refractivity contribution is 0.473. The quantitative estimate of drug-likeness (QED) is 0.473. The summed E-state index contributed by atoms with van der Waals surface area (Å²) < 4.78 is 5.18. The first kappa shape index (κ1) is 9.90. The third kappa shape index (κ3) is 1.47. The first-order chi connectivity index (χ1) is 8.15. The molecule has 0 unspecified atom stereocenters. The van der Waals surface area contributed by atoms with E-state index in [9.17, 15) is 9.90 Å². The third-order valence-electron chi connectivity index (χ3n) is 2.85. The second-order valence-electron chi connectivity index (χ2n) is 4.12. The molecule has 3 heteroatoms. The second kappa shape index (κ2) is 3.35. The third-order valence-corrected chi connectivity index (χ3v) is 2.85. The van der Waals surface area contributed by atoms with Crippen molar-refractivity contribution in [1.29, 1.82) is 0 Å². The number of phenols is 1. The standard InChI is InChI=1S/C14H10O3/c1-8-2-4-11-12(6-8)10-5-3-9(15)7-13(10)17-14(11)16/h2-7,15H,1H3. The highest BCUT2D eigenvalue weighted by Gasteiger charge is 2.07. The molecule has 1 aromatic heterocycles. The van der Waals surface area contributed by atoms with Crippen LogP contribution in [0.3, 0.4) is 0 Å². The summed E-state index contributed by atoms with van der Waals surface area (Å²) in [5.41, 5.74) is 1.11. The Balaban J connectivity index is 2.62. The van der Waals surface area contributed by atoms with Crippen LogP contribution in [0.4, 0.5) is 0 Å². The van der Waals surface area contributed by atoms with Crippen molar-refractivity contribution in [1.82, 2.24) is 0 Å². The van der Waals surface area contributed by atoms with Gasteiger partial charge in [0.15, 0.2) is 0 Å². The molecule has 3 aromatic rings. The lowest BCUT2D eigenvalue weighted by Gasteiger charge is -2.03. The van der Waals surface area contributed by atoms with E-state index in [1.165, 1.54) is 6.07 Å². The summed E-state index contributed by atoms with van der Waals surface area (Å²) in [5.74, 6) is 0.0904. The lowest BCUT2D eigenvalue weighted by atomic mass is 10.1. The van der Waals surface area contributed by atoms with Crippen LogP contribution in [0, 0.1) is 6.92 Å². The zero-order valence-corrected chi connectivity index (χ0v) is 9.23. The van der Waals surface area contributed by atoms with Crippen molar-refractivity contribution in [3.05, 3.63) is 52.4 Å². The van der Waals surface area contributed by atoms with Gasteiger partial charge in [0.1, 0.15) is 11.3 Å². The molecular formula is C14H10O3. The van der Waals surface area contributed by atoms with Gasteiger partial charge in [0, 0.05) is 16.8 Å². The van der Waals surface area contributed by atoms with Gasteiger partial charge in [-0.15, -0.1) is 0 Å². The van der Waals surface area contributed by atoms with Crippen molar-refractivity contribution in [3.8, 4) is 5.75 Å². The number of phenolic OH excluding ortho intramolecular Hbond substituents is 1. The SMILES string of the molecule is Cc1ccc2c(=O)oc3cc(O)ccc3c2c1. The maximum Gasteiger partial charge on any atom is 0.344 e. The van der Waals surface area contributed by atoms with Crippen LogP contribution in [0.2, 0.25) is 0 Å². The Kier molecular flexibility index (Phi) is 1.95. The Labute approximate surface area is 96.9 Å². The van der Waals surface area contributed by atoms with Gasteiger partial charge in [0.05, 0.1) is 5.39 Å². The summed E-state index contributed by atoms with van der Waals surface area (Å²) in [6.45, 7) is 1.97. The molecule has 0 aliphatic heterocycles. The zero-order chi connectivity index (χ0) is 12.0. The minimum Gasteiger partial charge on any atom is -0.508 e. The molecule has 0 atom stereocenters. The van der Waals surface area contributed by atoms with Crippen molar-refractivity contribution >= 4 is 21.7 Å². The van der Waals surface area contributed by atoms with Crippen LogP contribution >= 0.6 is 0 Å². The van der Waals surface area contributed by atoms with Crippen LogP contribution in [-0.4, -0.2) is 5.11 Å². The fraction of sp³-hybridized carbons (Fsp3) is 0.0714. The highest BCUT2D eigenvalue weighted by Crippen LogP contribution is 2.26. The van der Waals surface area contributed by atoms with Gasteiger partial charge in [0.2, 0.25) is 0 Å². The predicted octanol–water partition coefficient (Wildman–Crippen LogP) is 2.96. The largest absolute Gasteiger partial charge is 0.508 e. The van der Waals surface area contributed by atoms with E-state index < -0.39 is 0 Å². The number of rotatable bonds is 0. The molecule has 1 heterocycles. The summed E-state index contributed by atoms with van der Waals surface area (Å²) in [6, 6.07) is 10.4. The molecule has 0 saturated carbocycles. The van der Waals surface area contributed by atoms with Gasteiger partial charge in [0.25, 0.3) is 0 Å². The van der Waals surface area contributed by atoms with E-state index in [0.29, 0.717) is 11.0 Å². The molecule has 0 aliphatic rings. The molecule has 3 rings (SSSR count). The van der Waals surface area contributed by atoms with Crippen molar-refractivity contribution in [2.24, 2.45) is 0 Å². The summed E-state index contributed by atoms with van der Waals surface area (Å²) in [4.78, 5) is 11.8. The molecule has 0 saturated heterocycles. The number of hydrogen-bond acceptors (Lipinski definition) is 3. The fourth-order valence-electron chi connectivity index (χ4n) is 2.03. The number of fused-ring (bicyclic) bond motifs is 3. The van der Waals surface area contributed by atoms with Crippen LogP contribution in [-0.2, 0) is 0 Å². The van der Waals surface area contributed by atoms with E-state index in [1.807, 2.05) is 19.1 Å². The van der Waals surface area contributed by atoms with Gasteiger partial charge < -0.3 is 9.52 Å². The number of benzene rings is 2. The van der Waals surface area contributed by atoms with Gasteiger partial charge >= 0.3 is 5.63 Å². The van der Waals surface area contributed by atoms with Crippen LogP contribution in [0.25, 0.3) is 21.7 Å². The molecule has 84 valence electrons. The van der Waals surface area contributed by atoms with E-state index >= 15 is 0 Å². The Hall–Kier alpha value is -2.29. The highest BCUT2D eigenvalue weighted by atomic mass is 16.4. The Morgan fingerprint density at radius 1 is 1.00 bits per heavy atom. The Morgan fingerprint density at radius 3 is 2.59 bits per heavy atom. The van der Waals surface area contributed by atoms with Crippen molar-refractivity contribution < 1.29 is 9.52 Å². The maximum atomic E-state index is 11.8. The van der Waals surface area contributed by atoms with E-state index in [0.717, 1.165) is 16.3 Å². The molecular weight excluding hydrogens is 216 g/mol. The van der Waals surface area contributed by atoms with Crippen molar-refractivity contribution in [2.45, 2.75) is 6.92 Å². The minimum absolute atomic E-state index is 0.0904. The highest BCUT2D eigenvalue weighted by molar-refractivity contribution is 6.04. The van der Waals surface area contributed by atoms with E-state index in [2.05, 4.69) is 0 Å². The average Bonchev–Trinajstić information content (AvgIpc) is 2.28. The number of aromatic hydroxyl groups is 1. The van der Waals surface area contributed by atoms with Crippen LogP contribution < -0.4 is 5.63 Å². The van der Waals surface area contributed by atoms with Crippen molar-refractivity contribution in [2.75, 3.05) is 0 Å². The van der Waals surface area contributed by atoms with E-state index in [4.69, 9.17) is 4.42 Å². The average molecular weight is 226 g/mol. The molecule has 0 radical (unpaired) electrons. The normalized spacial score (nSPS) is 11.1. The predicted molar refractivity (Wildman–Crippen MR) is 66.4 cm³/mol. The molecule has 3 nitrogen and oxygen atoms in total. The van der Waals surface area contributed by atoms with Gasteiger partial charge in [-0.25, -0.2) is 4.79 Å². The summed E-state index contributed by atoms with van der Waals surface area (Å²) in [6.07, 6.45) is 0. The first-order valence-electron chi connectivity index (χ1n) is 5.31. The Morgan fingerprint density at radius 2 is 1.76 bits per heavy atom. The Bertz CT molecular complexity index is 784. The molecule has 1 N–H and O–H groups in total. The van der Waals surface area contributed by atoms with E-state index in [1.54, 1.807) is 18.2 Å². The summed E-state index contributed by atoms with van der Waals surface area (Å²) in [5, 5.41) is 11.6. The molecule has 0 spiro atoms. The number of aryl methyl sites for hydroxylation is 1. The second-order valence-corrected chi connectivity index (χ2v) is 4.12. The smallest absolute Gasteiger partial charge is 0.344 e. The van der Waals surface area contributed by atoms with Crippen molar-refractivity contribution in [3.63, 3.8) is 0 Å². The van der Waals surface area contributed by atoms with Crippen LogP contribution in [0.15, 0.2) is 45.6 Å². The maximum absolute atomic E-state index is 11.8. The van der Waals surface area contributed by atoms with Crippen LogP contribution in [0.5, 0.6) is 5.75 Å². The minimum atomic E-state index is -0.377. The van der Waals surface area contributed by atoms with Crippen LogP contribution in [0.1, 0.15) is 5.56 Å². The summed E-state index contributed by atoms with van der Waals surface area (Å²) in [7, 11) is 0. The molecule has 0 fully saturated rings. The molecule has 0 bridgehead atoms. The fourth-order valence-corrected chi connectivity index (χ4v) is 2.03. The molecule has 17 heavy (non-hydrogen) atoms. The summed E-state index contributed by atoms with van der Waals surface area (Å²) >= 11 is 0. The zero-order valence-electron chi connectivity index (χ0n) is 9.23. The lowest BCUT2D eigenvalue weighted by Crippen LogP contribution is -1.99. The molecule has 0 aliphatic carbocycles. The number of hydrogen-bond donors (Lipinski definition) is 1.